The lowest BCUT2D eigenvalue weighted by molar-refractivity contribution is -0.120. The highest BCUT2D eigenvalue weighted by Gasteiger charge is 2.34. The van der Waals surface area contributed by atoms with E-state index in [2.05, 4.69) is 5.32 Å². The number of hydrogen-bond donors (Lipinski definition) is 1. The summed E-state index contributed by atoms with van der Waals surface area (Å²) in [5, 5.41) is 2.98. The summed E-state index contributed by atoms with van der Waals surface area (Å²) in [6.07, 6.45) is 1.36. The number of thiophene rings is 1. The zero-order chi connectivity index (χ0) is 19.6. The highest BCUT2D eigenvalue weighted by Crippen LogP contribution is 2.29. The lowest BCUT2D eigenvalue weighted by Crippen LogP contribution is -2.43. The number of amides is 1. The number of nitrogens with zero attached hydrogens (tertiary/aromatic N) is 2. The van der Waals surface area contributed by atoms with Crippen molar-refractivity contribution in [2.45, 2.75) is 24.0 Å². The van der Waals surface area contributed by atoms with E-state index in [9.17, 15) is 13.2 Å². The fraction of sp³-hybridized carbons (Fsp3) is 0.421. The molecular formula is C19H25N3O3S2. The van der Waals surface area contributed by atoms with Crippen molar-refractivity contribution in [1.82, 2.24) is 4.31 Å². The molecule has 0 saturated carbocycles. The van der Waals surface area contributed by atoms with E-state index >= 15 is 0 Å². The third-order valence-electron chi connectivity index (χ3n) is 4.71. The number of aryl methyl sites for hydroxylation is 1. The Balaban J connectivity index is 1.74. The van der Waals surface area contributed by atoms with Gasteiger partial charge < -0.3 is 10.2 Å². The second-order valence-corrected chi connectivity index (χ2v) is 10.4. The van der Waals surface area contributed by atoms with Crippen molar-refractivity contribution in [3.8, 4) is 0 Å². The largest absolute Gasteiger partial charge is 0.376 e. The number of anilines is 2. The van der Waals surface area contributed by atoms with E-state index in [1.54, 1.807) is 6.07 Å². The van der Waals surface area contributed by atoms with Crippen molar-refractivity contribution in [1.29, 1.82) is 0 Å². The maximum atomic E-state index is 12.9. The molecule has 1 aromatic carbocycles. The molecule has 0 aliphatic carbocycles. The quantitative estimate of drug-likeness (QED) is 0.827. The topological polar surface area (TPSA) is 69.7 Å². The SMILES string of the molecule is Cc1ccc(S(=O)(=O)N2CCCC(C(=O)Nc3ccccc3N(C)C)C2)s1. The number of sulfonamides is 1. The van der Waals surface area contributed by atoms with E-state index < -0.39 is 10.0 Å². The monoisotopic (exact) mass is 407 g/mol. The summed E-state index contributed by atoms with van der Waals surface area (Å²) in [4.78, 5) is 15.7. The number of nitrogens with one attached hydrogen (secondary N) is 1. The summed E-state index contributed by atoms with van der Waals surface area (Å²) < 4.78 is 27.5. The minimum Gasteiger partial charge on any atom is -0.376 e. The molecule has 1 fully saturated rings. The number of piperidine rings is 1. The van der Waals surface area contributed by atoms with Crippen LogP contribution < -0.4 is 10.2 Å². The van der Waals surface area contributed by atoms with Gasteiger partial charge in [-0.1, -0.05) is 12.1 Å². The normalized spacial score (nSPS) is 18.3. The Kier molecular flexibility index (Phi) is 5.88. The number of carbonyl (C=O) groups excluding carboxylic acids is 1. The van der Waals surface area contributed by atoms with Gasteiger partial charge in [-0.25, -0.2) is 8.42 Å². The smallest absolute Gasteiger partial charge is 0.252 e. The Morgan fingerprint density at radius 2 is 1.96 bits per heavy atom. The van der Waals surface area contributed by atoms with Crippen LogP contribution in [0.4, 0.5) is 11.4 Å². The van der Waals surface area contributed by atoms with E-state index in [0.29, 0.717) is 23.6 Å². The molecule has 6 nitrogen and oxygen atoms in total. The Hall–Kier alpha value is -1.90. The second-order valence-electron chi connectivity index (χ2n) is 6.97. The summed E-state index contributed by atoms with van der Waals surface area (Å²) in [7, 11) is 0.301. The van der Waals surface area contributed by atoms with E-state index in [4.69, 9.17) is 0 Å². The number of hydrogen-bond acceptors (Lipinski definition) is 5. The molecule has 1 saturated heterocycles. The maximum absolute atomic E-state index is 12.9. The van der Waals surface area contributed by atoms with Gasteiger partial charge in [-0.05, 0) is 44.0 Å². The summed E-state index contributed by atoms with van der Waals surface area (Å²) in [6, 6.07) is 11.0. The molecule has 1 unspecified atom stereocenters. The van der Waals surface area contributed by atoms with Gasteiger partial charge >= 0.3 is 0 Å². The maximum Gasteiger partial charge on any atom is 0.252 e. The first-order valence-electron chi connectivity index (χ1n) is 8.93. The van der Waals surface area contributed by atoms with Crippen LogP contribution in [-0.4, -0.2) is 45.8 Å². The van der Waals surface area contributed by atoms with Gasteiger partial charge in [-0.3, -0.25) is 4.79 Å². The molecule has 1 atom stereocenters. The van der Waals surface area contributed by atoms with Crippen molar-refractivity contribution in [3.63, 3.8) is 0 Å². The van der Waals surface area contributed by atoms with Gasteiger partial charge in [0.1, 0.15) is 4.21 Å². The number of carbonyl (C=O) groups is 1. The first-order chi connectivity index (χ1) is 12.8. The predicted octanol–water partition coefficient (Wildman–Crippen LogP) is 3.16. The molecule has 27 heavy (non-hydrogen) atoms. The zero-order valence-electron chi connectivity index (χ0n) is 15.8. The zero-order valence-corrected chi connectivity index (χ0v) is 17.4. The van der Waals surface area contributed by atoms with Crippen LogP contribution in [0.5, 0.6) is 0 Å². The number of rotatable bonds is 5. The molecule has 0 spiro atoms. The minimum absolute atomic E-state index is 0.133. The first-order valence-corrected chi connectivity index (χ1v) is 11.2. The van der Waals surface area contributed by atoms with Gasteiger partial charge in [0.25, 0.3) is 10.0 Å². The Morgan fingerprint density at radius 3 is 2.63 bits per heavy atom. The van der Waals surface area contributed by atoms with Crippen LogP contribution in [0.3, 0.4) is 0 Å². The van der Waals surface area contributed by atoms with Crippen molar-refractivity contribution in [2.75, 3.05) is 37.4 Å². The molecule has 1 N–H and O–H groups in total. The van der Waals surface area contributed by atoms with Gasteiger partial charge in [-0.15, -0.1) is 11.3 Å². The van der Waals surface area contributed by atoms with Gasteiger partial charge in [0, 0.05) is 32.1 Å². The van der Waals surface area contributed by atoms with Gasteiger partial charge in [0.05, 0.1) is 17.3 Å². The van der Waals surface area contributed by atoms with Crippen molar-refractivity contribution in [3.05, 3.63) is 41.3 Å². The van der Waals surface area contributed by atoms with E-state index in [-0.39, 0.29) is 18.4 Å². The number of para-hydroxylation sites is 2. The minimum atomic E-state index is -3.54. The van der Waals surface area contributed by atoms with Crippen LogP contribution in [0.15, 0.2) is 40.6 Å². The highest BCUT2D eigenvalue weighted by molar-refractivity contribution is 7.91. The summed E-state index contributed by atoms with van der Waals surface area (Å²) in [5.41, 5.74) is 1.65. The van der Waals surface area contributed by atoms with Crippen LogP contribution in [-0.2, 0) is 14.8 Å². The summed E-state index contributed by atoms with van der Waals surface area (Å²) >= 11 is 1.27. The van der Waals surface area contributed by atoms with Gasteiger partial charge in [-0.2, -0.15) is 4.31 Å². The lowest BCUT2D eigenvalue weighted by Gasteiger charge is -2.31. The fourth-order valence-corrected chi connectivity index (χ4v) is 6.22. The van der Waals surface area contributed by atoms with Crippen molar-refractivity contribution < 1.29 is 13.2 Å². The first kappa shape index (κ1) is 19.9. The Morgan fingerprint density at radius 1 is 1.22 bits per heavy atom. The van der Waals surface area contributed by atoms with Gasteiger partial charge in [0.15, 0.2) is 0 Å². The molecule has 3 rings (SSSR count). The molecule has 1 aromatic heterocycles. The van der Waals surface area contributed by atoms with Crippen LogP contribution in [0, 0.1) is 12.8 Å². The second kappa shape index (κ2) is 8.00. The summed E-state index contributed by atoms with van der Waals surface area (Å²) in [5.74, 6) is -0.489. The third kappa shape index (κ3) is 4.34. The molecule has 1 aliphatic rings. The standard InChI is InChI=1S/C19H25N3O3S2/c1-14-10-11-18(26-14)27(24,25)22-12-6-7-15(13-22)19(23)20-16-8-4-5-9-17(16)21(2)3/h4-5,8-11,15H,6-7,12-13H2,1-3H3,(H,20,23). The Bertz CT molecular complexity index is 922. The van der Waals surface area contributed by atoms with Crippen LogP contribution in [0.2, 0.25) is 0 Å². The molecule has 146 valence electrons. The fourth-order valence-electron chi connectivity index (χ4n) is 3.26. The highest BCUT2D eigenvalue weighted by atomic mass is 32.2. The number of benzene rings is 1. The van der Waals surface area contributed by atoms with E-state index in [1.807, 2.05) is 56.3 Å². The molecule has 2 heterocycles. The summed E-state index contributed by atoms with van der Waals surface area (Å²) in [6.45, 7) is 2.56. The van der Waals surface area contributed by atoms with Crippen molar-refractivity contribution >= 4 is 38.6 Å². The lowest BCUT2D eigenvalue weighted by atomic mass is 9.98. The van der Waals surface area contributed by atoms with Gasteiger partial charge in [0.2, 0.25) is 5.91 Å². The molecule has 0 radical (unpaired) electrons. The van der Waals surface area contributed by atoms with Crippen LogP contribution in [0.25, 0.3) is 0 Å². The molecule has 2 aromatic rings. The Labute approximate surface area is 164 Å². The molecule has 0 bridgehead atoms. The molecule has 1 amide bonds. The molecule has 8 heteroatoms. The average Bonchev–Trinajstić information content (AvgIpc) is 3.09. The average molecular weight is 408 g/mol. The van der Waals surface area contributed by atoms with Crippen LogP contribution in [0.1, 0.15) is 17.7 Å². The van der Waals surface area contributed by atoms with E-state index in [0.717, 1.165) is 16.3 Å². The van der Waals surface area contributed by atoms with E-state index in [1.165, 1.54) is 15.6 Å². The third-order valence-corrected chi connectivity index (χ3v) is 8.04. The van der Waals surface area contributed by atoms with Crippen LogP contribution >= 0.6 is 11.3 Å². The molecule has 1 aliphatic heterocycles. The molecular weight excluding hydrogens is 382 g/mol. The van der Waals surface area contributed by atoms with Crippen molar-refractivity contribution in [2.24, 2.45) is 5.92 Å². The predicted molar refractivity (Wildman–Crippen MR) is 110 cm³/mol.